The summed E-state index contributed by atoms with van der Waals surface area (Å²) in [7, 11) is 0. The zero-order chi connectivity index (χ0) is 17.6. The average Bonchev–Trinajstić information content (AvgIpc) is 2.67. The summed E-state index contributed by atoms with van der Waals surface area (Å²) in [4.78, 5) is 25.6. The Hall–Kier alpha value is -2.82. The largest absolute Gasteiger partial charge is 0.483 e. The number of amides is 2. The molecule has 130 valence electrons. The molecule has 0 bridgehead atoms. The topological polar surface area (TPSA) is 72.6 Å². The number of primary amides is 1. The summed E-state index contributed by atoms with van der Waals surface area (Å²) in [6, 6.07) is 17.4. The van der Waals surface area contributed by atoms with Gasteiger partial charge in [-0.3, -0.25) is 9.59 Å². The standard InChI is InChI=1S/C20H22N2O3/c21-19(23)14-25-18-9-5-4-8-17(18)20(24)22-12-10-16(11-13-22)15-6-2-1-3-7-15/h1-9,16H,10-14H2,(H2,21,23). The van der Waals surface area contributed by atoms with Gasteiger partial charge in [-0.1, -0.05) is 42.5 Å². The monoisotopic (exact) mass is 338 g/mol. The third-order valence-corrected chi connectivity index (χ3v) is 4.54. The summed E-state index contributed by atoms with van der Waals surface area (Å²) in [6.07, 6.45) is 1.89. The Labute approximate surface area is 147 Å². The first-order valence-electron chi connectivity index (χ1n) is 8.49. The molecule has 0 aliphatic carbocycles. The second-order valence-corrected chi connectivity index (χ2v) is 6.23. The van der Waals surface area contributed by atoms with E-state index in [1.165, 1.54) is 5.56 Å². The van der Waals surface area contributed by atoms with Gasteiger partial charge >= 0.3 is 0 Å². The summed E-state index contributed by atoms with van der Waals surface area (Å²) in [6.45, 7) is 1.19. The maximum absolute atomic E-state index is 12.8. The van der Waals surface area contributed by atoms with Gasteiger partial charge in [0.2, 0.25) is 0 Å². The Morgan fingerprint density at radius 1 is 1.00 bits per heavy atom. The fraction of sp³-hybridized carbons (Fsp3) is 0.300. The first kappa shape index (κ1) is 17.0. The van der Waals surface area contributed by atoms with Gasteiger partial charge < -0.3 is 15.4 Å². The van der Waals surface area contributed by atoms with E-state index in [1.54, 1.807) is 24.3 Å². The first-order chi connectivity index (χ1) is 12.1. The van der Waals surface area contributed by atoms with Crippen molar-refractivity contribution in [3.63, 3.8) is 0 Å². The van der Waals surface area contributed by atoms with Gasteiger partial charge in [0.1, 0.15) is 5.75 Å². The van der Waals surface area contributed by atoms with Crippen molar-refractivity contribution in [1.29, 1.82) is 0 Å². The van der Waals surface area contributed by atoms with Crippen LogP contribution in [-0.2, 0) is 4.79 Å². The van der Waals surface area contributed by atoms with Crippen LogP contribution in [0.25, 0.3) is 0 Å². The van der Waals surface area contributed by atoms with E-state index in [1.807, 2.05) is 11.0 Å². The van der Waals surface area contributed by atoms with Crippen molar-refractivity contribution in [3.05, 3.63) is 65.7 Å². The van der Waals surface area contributed by atoms with E-state index in [0.717, 1.165) is 12.8 Å². The van der Waals surface area contributed by atoms with Crippen LogP contribution in [-0.4, -0.2) is 36.4 Å². The van der Waals surface area contributed by atoms with Crippen molar-refractivity contribution in [1.82, 2.24) is 4.90 Å². The summed E-state index contributed by atoms with van der Waals surface area (Å²) < 4.78 is 5.38. The molecule has 0 atom stereocenters. The van der Waals surface area contributed by atoms with E-state index in [2.05, 4.69) is 24.3 Å². The summed E-state index contributed by atoms with van der Waals surface area (Å²) in [5.41, 5.74) is 6.93. The van der Waals surface area contributed by atoms with Crippen LogP contribution >= 0.6 is 0 Å². The molecule has 2 aromatic carbocycles. The summed E-state index contributed by atoms with van der Waals surface area (Å²) in [5, 5.41) is 0. The number of hydrogen-bond acceptors (Lipinski definition) is 3. The van der Waals surface area contributed by atoms with Crippen LogP contribution < -0.4 is 10.5 Å². The second kappa shape index (κ2) is 7.83. The Kier molecular flexibility index (Phi) is 5.33. The van der Waals surface area contributed by atoms with Crippen molar-refractivity contribution in [2.75, 3.05) is 19.7 Å². The Bertz CT molecular complexity index is 738. The molecule has 1 aliphatic rings. The van der Waals surface area contributed by atoms with Crippen molar-refractivity contribution in [3.8, 4) is 5.75 Å². The Morgan fingerprint density at radius 3 is 2.32 bits per heavy atom. The van der Waals surface area contributed by atoms with Gasteiger partial charge in [-0.25, -0.2) is 0 Å². The maximum Gasteiger partial charge on any atom is 0.257 e. The number of nitrogens with two attached hydrogens (primary N) is 1. The van der Waals surface area contributed by atoms with Gasteiger partial charge in [-0.05, 0) is 36.5 Å². The van der Waals surface area contributed by atoms with Crippen LogP contribution in [0.1, 0.15) is 34.7 Å². The molecular formula is C20H22N2O3. The van der Waals surface area contributed by atoms with Gasteiger partial charge in [0.25, 0.3) is 11.8 Å². The van der Waals surface area contributed by atoms with Crippen LogP contribution in [0.3, 0.4) is 0 Å². The molecule has 5 heteroatoms. The van der Waals surface area contributed by atoms with Crippen LogP contribution in [0.2, 0.25) is 0 Å². The third kappa shape index (κ3) is 4.18. The lowest BCUT2D eigenvalue weighted by atomic mass is 9.89. The molecule has 1 saturated heterocycles. The lowest BCUT2D eigenvalue weighted by Gasteiger charge is -2.32. The normalized spacial score (nSPS) is 15.0. The molecule has 2 N–H and O–H groups in total. The molecule has 1 aliphatic heterocycles. The molecule has 0 aromatic heterocycles. The number of rotatable bonds is 5. The van der Waals surface area contributed by atoms with Crippen molar-refractivity contribution < 1.29 is 14.3 Å². The highest BCUT2D eigenvalue weighted by molar-refractivity contribution is 5.97. The van der Waals surface area contributed by atoms with E-state index in [9.17, 15) is 9.59 Å². The van der Waals surface area contributed by atoms with E-state index in [4.69, 9.17) is 10.5 Å². The van der Waals surface area contributed by atoms with Crippen LogP contribution in [0, 0.1) is 0 Å². The molecule has 25 heavy (non-hydrogen) atoms. The number of para-hydroxylation sites is 1. The molecular weight excluding hydrogens is 316 g/mol. The third-order valence-electron chi connectivity index (χ3n) is 4.54. The number of nitrogens with zero attached hydrogens (tertiary/aromatic N) is 1. The number of carbonyl (C=O) groups is 2. The zero-order valence-corrected chi connectivity index (χ0v) is 14.1. The van der Waals surface area contributed by atoms with E-state index in [-0.39, 0.29) is 12.5 Å². The lowest BCUT2D eigenvalue weighted by Crippen LogP contribution is -2.38. The van der Waals surface area contributed by atoms with Gasteiger partial charge in [0.15, 0.2) is 6.61 Å². The van der Waals surface area contributed by atoms with Gasteiger partial charge in [0, 0.05) is 13.1 Å². The van der Waals surface area contributed by atoms with Crippen LogP contribution in [0.4, 0.5) is 0 Å². The van der Waals surface area contributed by atoms with Crippen molar-refractivity contribution in [2.24, 2.45) is 5.73 Å². The second-order valence-electron chi connectivity index (χ2n) is 6.23. The molecule has 0 saturated carbocycles. The minimum atomic E-state index is -0.564. The molecule has 1 heterocycles. The lowest BCUT2D eigenvalue weighted by molar-refractivity contribution is -0.119. The Morgan fingerprint density at radius 2 is 1.64 bits per heavy atom. The Balaban J connectivity index is 1.66. The molecule has 0 radical (unpaired) electrons. The smallest absolute Gasteiger partial charge is 0.257 e. The van der Waals surface area contributed by atoms with Gasteiger partial charge in [-0.15, -0.1) is 0 Å². The zero-order valence-electron chi connectivity index (χ0n) is 14.1. The van der Waals surface area contributed by atoms with Gasteiger partial charge in [0.05, 0.1) is 5.56 Å². The fourth-order valence-corrected chi connectivity index (χ4v) is 3.23. The van der Waals surface area contributed by atoms with Crippen molar-refractivity contribution in [2.45, 2.75) is 18.8 Å². The van der Waals surface area contributed by atoms with Crippen LogP contribution in [0.5, 0.6) is 5.75 Å². The molecule has 1 fully saturated rings. The number of likely N-dealkylation sites (tertiary alicyclic amines) is 1. The summed E-state index contributed by atoms with van der Waals surface area (Å²) >= 11 is 0. The minimum absolute atomic E-state index is 0.0633. The highest BCUT2D eigenvalue weighted by atomic mass is 16.5. The molecule has 5 nitrogen and oxygen atoms in total. The minimum Gasteiger partial charge on any atom is -0.483 e. The highest BCUT2D eigenvalue weighted by Gasteiger charge is 2.26. The molecule has 0 unspecified atom stereocenters. The van der Waals surface area contributed by atoms with E-state index < -0.39 is 5.91 Å². The predicted molar refractivity (Wildman–Crippen MR) is 95.5 cm³/mol. The summed E-state index contributed by atoms with van der Waals surface area (Å²) in [5.74, 6) is 0.264. The van der Waals surface area contributed by atoms with Crippen molar-refractivity contribution >= 4 is 11.8 Å². The van der Waals surface area contributed by atoms with E-state index in [0.29, 0.717) is 30.3 Å². The molecule has 2 amide bonds. The number of carbonyl (C=O) groups excluding carboxylic acids is 2. The number of ether oxygens (including phenoxy) is 1. The molecule has 2 aromatic rings. The average molecular weight is 338 g/mol. The molecule has 3 rings (SSSR count). The molecule has 0 spiro atoms. The van der Waals surface area contributed by atoms with Gasteiger partial charge in [-0.2, -0.15) is 0 Å². The fourth-order valence-electron chi connectivity index (χ4n) is 3.23. The number of benzene rings is 2. The maximum atomic E-state index is 12.8. The highest BCUT2D eigenvalue weighted by Crippen LogP contribution is 2.29. The number of piperidine rings is 1. The SMILES string of the molecule is NC(=O)COc1ccccc1C(=O)N1CCC(c2ccccc2)CC1. The van der Waals surface area contributed by atoms with Crippen LogP contribution in [0.15, 0.2) is 54.6 Å². The quantitative estimate of drug-likeness (QED) is 0.911. The predicted octanol–water partition coefficient (Wildman–Crippen LogP) is 2.57. The number of hydrogen-bond donors (Lipinski definition) is 1. The first-order valence-corrected chi connectivity index (χ1v) is 8.49. The van der Waals surface area contributed by atoms with E-state index >= 15 is 0 Å².